The molecular formula is C21H32BrFO2. The highest BCUT2D eigenvalue weighted by Crippen LogP contribution is 2.64. The molecule has 0 unspecified atom stereocenters. The Labute approximate surface area is 159 Å². The molecule has 0 saturated heterocycles. The zero-order valence-corrected chi connectivity index (χ0v) is 16.9. The van der Waals surface area contributed by atoms with Crippen molar-refractivity contribution in [3.63, 3.8) is 0 Å². The van der Waals surface area contributed by atoms with Crippen LogP contribution in [0.2, 0.25) is 0 Å². The molecule has 0 aliphatic heterocycles. The highest BCUT2D eigenvalue weighted by Gasteiger charge is 2.58. The second kappa shape index (κ2) is 6.58. The van der Waals surface area contributed by atoms with Crippen molar-refractivity contribution >= 4 is 21.7 Å². The van der Waals surface area contributed by atoms with Crippen molar-refractivity contribution in [2.45, 2.75) is 70.3 Å². The molecule has 0 heterocycles. The summed E-state index contributed by atoms with van der Waals surface area (Å²) >= 11 is 3.39. The maximum Gasteiger partial charge on any atom is 0.147 e. The number of Topliss-reactive ketones (excluding diaryl/α,β-unsaturated/α-hetero) is 1. The van der Waals surface area contributed by atoms with Gasteiger partial charge in [0.05, 0.1) is 10.9 Å². The van der Waals surface area contributed by atoms with E-state index < -0.39 is 12.3 Å². The largest absolute Gasteiger partial charge is 0.387 e. The van der Waals surface area contributed by atoms with E-state index in [4.69, 9.17) is 0 Å². The van der Waals surface area contributed by atoms with Crippen LogP contribution in [0.3, 0.4) is 0 Å². The van der Waals surface area contributed by atoms with Gasteiger partial charge in [-0.25, -0.2) is 4.39 Å². The summed E-state index contributed by atoms with van der Waals surface area (Å²) in [6, 6.07) is 0. The molecule has 0 aromatic rings. The quantitative estimate of drug-likeness (QED) is 0.665. The van der Waals surface area contributed by atoms with Crippen LogP contribution in [0.1, 0.15) is 64.7 Å². The Morgan fingerprint density at radius 2 is 1.84 bits per heavy atom. The van der Waals surface area contributed by atoms with E-state index in [9.17, 15) is 14.3 Å². The summed E-state index contributed by atoms with van der Waals surface area (Å²) in [6.07, 6.45) is 9.39. The minimum absolute atomic E-state index is 0.202. The fourth-order valence-corrected chi connectivity index (χ4v) is 8.10. The topological polar surface area (TPSA) is 37.3 Å². The van der Waals surface area contributed by atoms with Crippen LogP contribution in [0.5, 0.6) is 0 Å². The fourth-order valence-electron chi connectivity index (χ4n) is 7.71. The molecule has 0 aromatic carbocycles. The number of alkyl halides is 2. The molecule has 4 fully saturated rings. The number of carbonyl (C=O) groups is 1. The number of ketones is 1. The van der Waals surface area contributed by atoms with E-state index in [0.717, 1.165) is 31.1 Å². The van der Waals surface area contributed by atoms with Gasteiger partial charge in [0, 0.05) is 5.92 Å². The third-order valence-electron chi connectivity index (χ3n) is 8.87. The van der Waals surface area contributed by atoms with Crippen LogP contribution in [0, 0.1) is 40.9 Å². The molecule has 4 saturated carbocycles. The van der Waals surface area contributed by atoms with Crippen LogP contribution < -0.4 is 0 Å². The third-order valence-corrected chi connectivity index (χ3v) is 9.43. The smallest absolute Gasteiger partial charge is 0.147 e. The minimum atomic E-state index is -1.04. The van der Waals surface area contributed by atoms with Crippen molar-refractivity contribution in [3.8, 4) is 0 Å². The lowest BCUT2D eigenvalue weighted by Gasteiger charge is -2.56. The van der Waals surface area contributed by atoms with Crippen molar-refractivity contribution in [2.24, 2.45) is 40.9 Å². The van der Waals surface area contributed by atoms with Crippen molar-refractivity contribution in [3.05, 3.63) is 0 Å². The highest BCUT2D eigenvalue weighted by molar-refractivity contribution is 9.09. The van der Waals surface area contributed by atoms with Gasteiger partial charge in [-0.05, 0) is 92.8 Å². The molecule has 0 spiro atoms. The number of carbonyl (C=O) groups excluding carboxylic acids is 1. The summed E-state index contributed by atoms with van der Waals surface area (Å²) in [7, 11) is 0. The molecule has 0 radical (unpaired) electrons. The molecule has 0 aromatic heterocycles. The van der Waals surface area contributed by atoms with Gasteiger partial charge in [0.1, 0.15) is 12.5 Å². The zero-order valence-electron chi connectivity index (χ0n) is 15.4. The van der Waals surface area contributed by atoms with Crippen LogP contribution in [-0.2, 0) is 4.79 Å². The molecule has 8 atom stereocenters. The Hall–Kier alpha value is 0.0400. The maximum absolute atomic E-state index is 13.2. The van der Waals surface area contributed by atoms with Crippen LogP contribution in [0.15, 0.2) is 0 Å². The van der Waals surface area contributed by atoms with Gasteiger partial charge in [-0.3, -0.25) is 4.79 Å². The van der Waals surface area contributed by atoms with Gasteiger partial charge >= 0.3 is 0 Å². The summed E-state index contributed by atoms with van der Waals surface area (Å²) < 4.78 is 13.2. The average molecular weight is 415 g/mol. The second-order valence-corrected chi connectivity index (χ2v) is 10.4. The number of halogens is 2. The lowest BCUT2D eigenvalue weighted by Crippen LogP contribution is -2.52. The predicted molar refractivity (Wildman–Crippen MR) is 100 cm³/mol. The molecule has 4 rings (SSSR count). The summed E-state index contributed by atoms with van der Waals surface area (Å²) in [4.78, 5) is 12.5. The van der Waals surface area contributed by atoms with Gasteiger partial charge < -0.3 is 5.11 Å². The van der Waals surface area contributed by atoms with Crippen molar-refractivity contribution in [1.82, 2.24) is 0 Å². The maximum atomic E-state index is 13.2. The molecule has 4 heteroatoms. The molecule has 4 aliphatic carbocycles. The van der Waals surface area contributed by atoms with Crippen molar-refractivity contribution in [2.75, 3.05) is 12.0 Å². The van der Waals surface area contributed by atoms with Gasteiger partial charge in [0.25, 0.3) is 0 Å². The summed E-state index contributed by atoms with van der Waals surface area (Å²) in [5, 5.41) is 10.9. The van der Waals surface area contributed by atoms with Crippen molar-refractivity contribution in [1.29, 1.82) is 0 Å². The van der Waals surface area contributed by atoms with E-state index in [2.05, 4.69) is 22.9 Å². The number of aliphatic hydroxyl groups is 1. The standard InChI is InChI=1S/C21H32BrFO2/c1-20-8-6-15-14-7-9-21(25,12-23)10-13(14)2-3-16(15)17(20)4-5-18(20)19(24)11-22/h13-18,25H,2-12H2,1H3/t13-,14-,15+,16+,17-,18+,20-,21+/m0/s1. The first-order valence-electron chi connectivity index (χ1n) is 10.3. The van der Waals surface area contributed by atoms with Gasteiger partial charge in [0.15, 0.2) is 0 Å². The Balaban J connectivity index is 1.52. The van der Waals surface area contributed by atoms with Gasteiger partial charge in [-0.15, -0.1) is 0 Å². The van der Waals surface area contributed by atoms with E-state index >= 15 is 0 Å². The van der Waals surface area contributed by atoms with E-state index in [-0.39, 0.29) is 11.3 Å². The van der Waals surface area contributed by atoms with Crippen LogP contribution >= 0.6 is 15.9 Å². The molecular weight excluding hydrogens is 383 g/mol. The van der Waals surface area contributed by atoms with Crippen LogP contribution in [0.4, 0.5) is 4.39 Å². The Kier molecular flexibility index (Phi) is 4.84. The van der Waals surface area contributed by atoms with Gasteiger partial charge in [-0.2, -0.15) is 0 Å². The Morgan fingerprint density at radius 3 is 2.56 bits per heavy atom. The Morgan fingerprint density at radius 1 is 1.08 bits per heavy atom. The van der Waals surface area contributed by atoms with E-state index in [0.29, 0.717) is 41.7 Å². The molecule has 25 heavy (non-hydrogen) atoms. The third kappa shape index (κ3) is 2.85. The van der Waals surface area contributed by atoms with E-state index in [1.54, 1.807) is 0 Å². The van der Waals surface area contributed by atoms with E-state index in [1.165, 1.54) is 25.7 Å². The summed E-state index contributed by atoms with van der Waals surface area (Å²) in [5.74, 6) is 4.05. The summed E-state index contributed by atoms with van der Waals surface area (Å²) in [6.45, 7) is 1.81. The molecule has 0 bridgehead atoms. The monoisotopic (exact) mass is 414 g/mol. The van der Waals surface area contributed by atoms with Crippen LogP contribution in [-0.4, -0.2) is 28.5 Å². The number of fused-ring (bicyclic) bond motifs is 5. The predicted octanol–water partition coefficient (Wildman–Crippen LogP) is 4.92. The summed E-state index contributed by atoms with van der Waals surface area (Å²) in [5.41, 5.74) is -0.842. The Bertz CT molecular complexity index is 540. The highest BCUT2D eigenvalue weighted by atomic mass is 79.9. The van der Waals surface area contributed by atoms with E-state index in [1.807, 2.05) is 0 Å². The first-order valence-corrected chi connectivity index (χ1v) is 11.4. The first-order chi connectivity index (χ1) is 11.9. The molecule has 142 valence electrons. The number of rotatable bonds is 3. The van der Waals surface area contributed by atoms with Gasteiger partial charge in [-0.1, -0.05) is 22.9 Å². The number of hydrogen-bond donors (Lipinski definition) is 1. The second-order valence-electron chi connectivity index (χ2n) is 9.81. The minimum Gasteiger partial charge on any atom is -0.387 e. The molecule has 0 amide bonds. The average Bonchev–Trinajstić information content (AvgIpc) is 2.98. The first kappa shape index (κ1) is 18.4. The van der Waals surface area contributed by atoms with Gasteiger partial charge in [0.2, 0.25) is 0 Å². The molecule has 4 aliphatic rings. The molecule has 2 nitrogen and oxygen atoms in total. The normalized spacial score (nSPS) is 52.2. The molecule has 1 N–H and O–H groups in total. The lowest BCUT2D eigenvalue weighted by molar-refractivity contribution is -0.131. The SMILES string of the molecule is C[C@]12CC[C@H]3[C@@H](CC[C@H]4C[C@@](O)(CF)CC[C@@H]43)[C@@H]1CC[C@@H]2C(=O)CBr. The fraction of sp³-hybridized carbons (Fsp3) is 0.952. The van der Waals surface area contributed by atoms with Crippen molar-refractivity contribution < 1.29 is 14.3 Å². The number of hydrogen-bond acceptors (Lipinski definition) is 2. The van der Waals surface area contributed by atoms with Crippen LogP contribution in [0.25, 0.3) is 0 Å². The zero-order chi connectivity index (χ0) is 17.8. The lowest BCUT2D eigenvalue weighted by atomic mass is 9.49.